The van der Waals surface area contributed by atoms with Crippen LogP contribution in [0.15, 0.2) is 54.6 Å². The van der Waals surface area contributed by atoms with Gasteiger partial charge in [0.05, 0.1) is 0 Å². The van der Waals surface area contributed by atoms with Crippen molar-refractivity contribution in [1.82, 2.24) is 4.98 Å². The van der Waals surface area contributed by atoms with E-state index >= 15 is 0 Å². The van der Waals surface area contributed by atoms with Crippen LogP contribution in [0.1, 0.15) is 10.4 Å². The number of para-hydroxylation sites is 1. The van der Waals surface area contributed by atoms with Crippen LogP contribution < -0.4 is 0 Å². The number of rotatable bonds is 1. The fraction of sp³-hybridized carbons (Fsp3) is 0. The van der Waals surface area contributed by atoms with Gasteiger partial charge in [0.1, 0.15) is 0 Å². The molecule has 0 atom stereocenters. The second-order valence-electron chi connectivity index (χ2n) is 4.72. The van der Waals surface area contributed by atoms with Gasteiger partial charge in [-0.2, -0.15) is 0 Å². The van der Waals surface area contributed by atoms with E-state index in [0.717, 1.165) is 33.7 Å². The summed E-state index contributed by atoms with van der Waals surface area (Å²) in [7, 11) is 0. The quantitative estimate of drug-likeness (QED) is 0.499. The van der Waals surface area contributed by atoms with Crippen LogP contribution in [0.25, 0.3) is 32.6 Å². The minimum Gasteiger partial charge on any atom is -0.354 e. The summed E-state index contributed by atoms with van der Waals surface area (Å²) in [5.41, 5.74) is 2.85. The highest BCUT2D eigenvalue weighted by molar-refractivity contribution is 6.22. The molecule has 0 aliphatic carbocycles. The predicted octanol–water partition coefficient (Wildman–Crippen LogP) is 4.29. The van der Waals surface area contributed by atoms with Crippen molar-refractivity contribution in [2.24, 2.45) is 0 Å². The van der Waals surface area contributed by atoms with Crippen molar-refractivity contribution in [2.75, 3.05) is 0 Å². The zero-order chi connectivity index (χ0) is 12.8. The molecule has 0 bridgehead atoms. The highest BCUT2D eigenvalue weighted by atomic mass is 16.1. The zero-order valence-corrected chi connectivity index (χ0v) is 10.2. The van der Waals surface area contributed by atoms with Crippen LogP contribution >= 0.6 is 0 Å². The predicted molar refractivity (Wildman–Crippen MR) is 78.7 cm³/mol. The van der Waals surface area contributed by atoms with Crippen molar-refractivity contribution in [2.45, 2.75) is 0 Å². The number of aromatic nitrogens is 1. The monoisotopic (exact) mass is 245 g/mol. The van der Waals surface area contributed by atoms with E-state index in [1.807, 2.05) is 36.4 Å². The van der Waals surface area contributed by atoms with E-state index in [9.17, 15) is 4.79 Å². The van der Waals surface area contributed by atoms with Gasteiger partial charge in [0, 0.05) is 27.4 Å². The summed E-state index contributed by atoms with van der Waals surface area (Å²) in [6, 6.07) is 18.2. The third kappa shape index (κ3) is 1.34. The van der Waals surface area contributed by atoms with Crippen LogP contribution in [0.4, 0.5) is 0 Å². The van der Waals surface area contributed by atoms with Gasteiger partial charge in [-0.3, -0.25) is 4.79 Å². The maximum absolute atomic E-state index is 11.3. The van der Waals surface area contributed by atoms with Crippen molar-refractivity contribution in [1.29, 1.82) is 0 Å². The first kappa shape index (κ1) is 10.3. The number of benzene rings is 3. The lowest BCUT2D eigenvalue weighted by atomic mass is 10.00. The molecule has 4 aromatic rings. The van der Waals surface area contributed by atoms with Gasteiger partial charge in [0.25, 0.3) is 0 Å². The molecule has 0 unspecified atom stereocenters. The third-order valence-electron chi connectivity index (χ3n) is 3.67. The molecule has 2 heteroatoms. The van der Waals surface area contributed by atoms with Crippen molar-refractivity contribution in [3.8, 4) is 0 Å². The molecular formula is C17H11NO. The molecule has 3 aromatic carbocycles. The summed E-state index contributed by atoms with van der Waals surface area (Å²) in [6.45, 7) is 0. The molecule has 19 heavy (non-hydrogen) atoms. The Bertz CT molecular complexity index is 934. The van der Waals surface area contributed by atoms with E-state index in [0.29, 0.717) is 0 Å². The Balaban J connectivity index is 2.37. The molecule has 0 saturated heterocycles. The number of hydrogen-bond acceptors (Lipinski definition) is 1. The average molecular weight is 245 g/mol. The summed E-state index contributed by atoms with van der Waals surface area (Å²) in [6.07, 6.45) is 0.924. The topological polar surface area (TPSA) is 32.9 Å². The van der Waals surface area contributed by atoms with Gasteiger partial charge in [0.15, 0.2) is 6.29 Å². The molecule has 1 heterocycles. The molecule has 0 aliphatic heterocycles. The standard InChI is InChI=1S/C17H11NO/c19-10-11-9-16-17(13-6-2-1-5-12(11)13)14-7-3-4-8-15(14)18-16/h1-10,18H. The Hall–Kier alpha value is -2.61. The van der Waals surface area contributed by atoms with Crippen LogP contribution in [-0.2, 0) is 0 Å². The number of nitrogens with one attached hydrogen (secondary N) is 1. The van der Waals surface area contributed by atoms with Crippen molar-refractivity contribution in [3.63, 3.8) is 0 Å². The molecule has 90 valence electrons. The van der Waals surface area contributed by atoms with Gasteiger partial charge in [0.2, 0.25) is 0 Å². The Kier molecular flexibility index (Phi) is 2.00. The molecule has 2 nitrogen and oxygen atoms in total. The van der Waals surface area contributed by atoms with Crippen molar-refractivity contribution < 1.29 is 4.79 Å². The molecule has 0 radical (unpaired) electrons. The highest BCUT2D eigenvalue weighted by Crippen LogP contribution is 2.33. The fourth-order valence-electron chi connectivity index (χ4n) is 2.84. The van der Waals surface area contributed by atoms with Gasteiger partial charge in [-0.15, -0.1) is 0 Å². The molecule has 1 aromatic heterocycles. The van der Waals surface area contributed by atoms with E-state index < -0.39 is 0 Å². The second kappa shape index (κ2) is 3.69. The van der Waals surface area contributed by atoms with E-state index in [2.05, 4.69) is 23.2 Å². The Morgan fingerprint density at radius 1 is 0.789 bits per heavy atom. The lowest BCUT2D eigenvalue weighted by Gasteiger charge is -2.03. The fourth-order valence-corrected chi connectivity index (χ4v) is 2.84. The largest absolute Gasteiger partial charge is 0.354 e. The number of hydrogen-bond donors (Lipinski definition) is 1. The molecule has 0 aliphatic rings. The van der Waals surface area contributed by atoms with Gasteiger partial charge in [-0.05, 0) is 22.9 Å². The average Bonchev–Trinajstić information content (AvgIpc) is 2.84. The van der Waals surface area contributed by atoms with Crippen LogP contribution in [-0.4, -0.2) is 11.3 Å². The van der Waals surface area contributed by atoms with E-state index in [4.69, 9.17) is 0 Å². The van der Waals surface area contributed by atoms with Crippen molar-refractivity contribution >= 4 is 38.9 Å². The molecule has 1 N–H and O–H groups in total. The van der Waals surface area contributed by atoms with Crippen LogP contribution in [0.2, 0.25) is 0 Å². The second-order valence-corrected chi connectivity index (χ2v) is 4.72. The Morgan fingerprint density at radius 3 is 2.26 bits per heavy atom. The van der Waals surface area contributed by atoms with Gasteiger partial charge >= 0.3 is 0 Å². The number of aromatic amines is 1. The van der Waals surface area contributed by atoms with Crippen LogP contribution in [0, 0.1) is 0 Å². The molecular weight excluding hydrogens is 234 g/mol. The highest BCUT2D eigenvalue weighted by Gasteiger charge is 2.10. The van der Waals surface area contributed by atoms with Gasteiger partial charge < -0.3 is 4.98 Å². The molecule has 4 rings (SSSR count). The first-order chi connectivity index (χ1) is 9.38. The first-order valence-corrected chi connectivity index (χ1v) is 6.26. The molecule has 0 saturated carbocycles. The molecule has 0 spiro atoms. The Labute approximate surface area is 109 Å². The number of carbonyl (C=O) groups is 1. The first-order valence-electron chi connectivity index (χ1n) is 6.26. The summed E-state index contributed by atoms with van der Waals surface area (Å²) >= 11 is 0. The third-order valence-corrected chi connectivity index (χ3v) is 3.67. The normalized spacial score (nSPS) is 11.4. The summed E-state index contributed by atoms with van der Waals surface area (Å²) < 4.78 is 0. The summed E-state index contributed by atoms with van der Waals surface area (Å²) in [5, 5.41) is 4.53. The summed E-state index contributed by atoms with van der Waals surface area (Å²) in [5.74, 6) is 0. The lowest BCUT2D eigenvalue weighted by Crippen LogP contribution is -1.84. The summed E-state index contributed by atoms with van der Waals surface area (Å²) in [4.78, 5) is 14.7. The lowest BCUT2D eigenvalue weighted by molar-refractivity contribution is 0.112. The van der Waals surface area contributed by atoms with Gasteiger partial charge in [-0.1, -0.05) is 42.5 Å². The van der Waals surface area contributed by atoms with Crippen molar-refractivity contribution in [3.05, 3.63) is 60.2 Å². The maximum Gasteiger partial charge on any atom is 0.150 e. The number of carbonyl (C=O) groups excluding carboxylic acids is 1. The number of H-pyrrole nitrogens is 1. The molecule has 0 amide bonds. The van der Waals surface area contributed by atoms with Crippen LogP contribution in [0.5, 0.6) is 0 Å². The van der Waals surface area contributed by atoms with E-state index in [-0.39, 0.29) is 0 Å². The number of aldehydes is 1. The minimum atomic E-state index is 0.731. The van der Waals surface area contributed by atoms with E-state index in [1.165, 1.54) is 10.8 Å². The maximum atomic E-state index is 11.3. The number of fused-ring (bicyclic) bond motifs is 5. The minimum absolute atomic E-state index is 0.731. The van der Waals surface area contributed by atoms with E-state index in [1.54, 1.807) is 0 Å². The smallest absolute Gasteiger partial charge is 0.150 e. The molecule has 0 fully saturated rings. The zero-order valence-electron chi connectivity index (χ0n) is 10.2. The van der Waals surface area contributed by atoms with Crippen LogP contribution in [0.3, 0.4) is 0 Å². The van der Waals surface area contributed by atoms with Gasteiger partial charge in [-0.25, -0.2) is 0 Å². The SMILES string of the molecule is O=Cc1cc2[nH]c3ccccc3c2c2ccccc12. The Morgan fingerprint density at radius 2 is 1.47 bits per heavy atom.